The lowest BCUT2D eigenvalue weighted by atomic mass is 10.4. The third-order valence-corrected chi connectivity index (χ3v) is 1.22. The Bertz CT molecular complexity index is 362. The van der Waals surface area contributed by atoms with Crippen LogP contribution in [0.15, 0.2) is 10.9 Å². The highest BCUT2D eigenvalue weighted by atomic mass is 16.5. The molecule has 12 heavy (non-hydrogen) atoms. The van der Waals surface area contributed by atoms with Crippen molar-refractivity contribution in [1.82, 2.24) is 9.97 Å². The Labute approximate surface area is 69.6 Å². The zero-order valence-electron chi connectivity index (χ0n) is 6.63. The predicted octanol–water partition coefficient (Wildman–Crippen LogP) is -0.102. The summed E-state index contributed by atoms with van der Waals surface area (Å²) in [6.07, 6.45) is 5.08. The van der Waals surface area contributed by atoms with Crippen molar-refractivity contribution in [3.05, 3.63) is 27.9 Å². The van der Waals surface area contributed by atoms with Crippen molar-refractivity contribution in [2.45, 2.75) is 6.61 Å². The van der Waals surface area contributed by atoms with Crippen LogP contribution in [-0.4, -0.2) is 17.1 Å². The van der Waals surface area contributed by atoms with E-state index < -0.39 is 0 Å². The first-order valence-corrected chi connectivity index (χ1v) is 3.32. The normalized spacial score (nSPS) is 9.33. The van der Waals surface area contributed by atoms with Gasteiger partial charge < -0.3 is 9.72 Å². The summed E-state index contributed by atoms with van der Waals surface area (Å²) < 4.78 is 4.78. The lowest BCUT2D eigenvalue weighted by Crippen LogP contribution is -2.11. The number of methoxy groups -OCH3 is 1. The van der Waals surface area contributed by atoms with Gasteiger partial charge in [0.25, 0.3) is 5.56 Å². The molecule has 1 rings (SSSR count). The third-order valence-electron chi connectivity index (χ3n) is 1.22. The quantitative estimate of drug-likeness (QED) is 0.621. The minimum absolute atomic E-state index is 0.255. The Hall–Kier alpha value is -1.60. The summed E-state index contributed by atoms with van der Waals surface area (Å²) in [5, 5.41) is 0. The molecule has 0 radical (unpaired) electrons. The van der Waals surface area contributed by atoms with Crippen molar-refractivity contribution in [2.24, 2.45) is 0 Å². The molecular formula is C8H8N2O2. The van der Waals surface area contributed by atoms with Crippen LogP contribution in [0.5, 0.6) is 0 Å². The van der Waals surface area contributed by atoms with Gasteiger partial charge in [0.05, 0.1) is 0 Å². The van der Waals surface area contributed by atoms with Gasteiger partial charge >= 0.3 is 0 Å². The molecule has 0 unspecified atom stereocenters. The van der Waals surface area contributed by atoms with Gasteiger partial charge in [-0.1, -0.05) is 0 Å². The average Bonchev–Trinajstić information content (AvgIpc) is 2.04. The second-order valence-corrected chi connectivity index (χ2v) is 2.15. The second-order valence-electron chi connectivity index (χ2n) is 2.15. The first-order valence-electron chi connectivity index (χ1n) is 3.32. The highest BCUT2D eigenvalue weighted by Crippen LogP contribution is 1.90. The lowest BCUT2D eigenvalue weighted by molar-refractivity contribution is 0.177. The van der Waals surface area contributed by atoms with E-state index in [4.69, 9.17) is 11.2 Å². The molecule has 0 fully saturated rings. The molecular weight excluding hydrogens is 156 g/mol. The second kappa shape index (κ2) is 3.69. The Morgan fingerprint density at radius 2 is 2.58 bits per heavy atom. The number of H-pyrrole nitrogens is 1. The number of aromatic nitrogens is 2. The molecule has 0 aromatic carbocycles. The fourth-order valence-corrected chi connectivity index (χ4v) is 0.787. The molecule has 0 aliphatic heterocycles. The number of hydrogen-bond acceptors (Lipinski definition) is 3. The summed E-state index contributed by atoms with van der Waals surface area (Å²) in [6, 6.07) is 1.26. The van der Waals surface area contributed by atoms with Gasteiger partial charge in [-0.15, -0.1) is 6.42 Å². The van der Waals surface area contributed by atoms with E-state index in [-0.39, 0.29) is 12.2 Å². The van der Waals surface area contributed by atoms with Crippen molar-refractivity contribution in [3.63, 3.8) is 0 Å². The maximum absolute atomic E-state index is 10.9. The topological polar surface area (TPSA) is 55.0 Å². The predicted molar refractivity (Wildman–Crippen MR) is 43.5 cm³/mol. The van der Waals surface area contributed by atoms with Gasteiger partial charge in [0.1, 0.15) is 18.1 Å². The van der Waals surface area contributed by atoms with Gasteiger partial charge in [-0.05, 0) is 5.92 Å². The summed E-state index contributed by atoms with van der Waals surface area (Å²) in [5.74, 6) is 2.72. The molecule has 0 atom stereocenters. The van der Waals surface area contributed by atoms with E-state index in [0.29, 0.717) is 11.5 Å². The van der Waals surface area contributed by atoms with Crippen LogP contribution >= 0.6 is 0 Å². The van der Waals surface area contributed by atoms with Crippen molar-refractivity contribution < 1.29 is 4.74 Å². The Balaban J connectivity index is 3.09. The van der Waals surface area contributed by atoms with Crippen LogP contribution in [0.3, 0.4) is 0 Å². The molecule has 4 heteroatoms. The number of ether oxygens (including phenoxy) is 1. The Kier molecular flexibility index (Phi) is 2.62. The first-order chi connectivity index (χ1) is 5.76. The van der Waals surface area contributed by atoms with E-state index in [9.17, 15) is 4.79 Å². The minimum Gasteiger partial charge on any atom is -0.377 e. The third kappa shape index (κ3) is 1.94. The molecule has 0 aliphatic rings. The first kappa shape index (κ1) is 8.50. The molecule has 0 saturated carbocycles. The average molecular weight is 164 g/mol. The summed E-state index contributed by atoms with van der Waals surface area (Å²) in [5.41, 5.74) is 0.0656. The van der Waals surface area contributed by atoms with Crippen LogP contribution in [0.1, 0.15) is 11.5 Å². The number of nitrogens with one attached hydrogen (secondary N) is 1. The van der Waals surface area contributed by atoms with Crippen LogP contribution in [0.4, 0.5) is 0 Å². The van der Waals surface area contributed by atoms with Gasteiger partial charge in [0, 0.05) is 13.2 Å². The smallest absolute Gasteiger partial charge is 0.252 e. The molecule has 1 aromatic rings. The van der Waals surface area contributed by atoms with Gasteiger partial charge in [-0.25, -0.2) is 4.98 Å². The van der Waals surface area contributed by atoms with Gasteiger partial charge in [0.2, 0.25) is 0 Å². The number of aromatic amines is 1. The standard InChI is InChI=1S/C8H8N2O2/c1-3-6-4-8(11)10-7(9-6)5-12-2/h1,4H,5H2,2H3,(H,9,10,11). The van der Waals surface area contributed by atoms with Crippen molar-refractivity contribution in [1.29, 1.82) is 0 Å². The highest BCUT2D eigenvalue weighted by Gasteiger charge is 1.97. The number of terminal acetylenes is 1. The van der Waals surface area contributed by atoms with E-state index in [1.807, 2.05) is 0 Å². The van der Waals surface area contributed by atoms with Gasteiger partial charge in [0.15, 0.2) is 0 Å². The molecule has 0 amide bonds. The molecule has 0 spiro atoms. The number of hydrogen-bond donors (Lipinski definition) is 1. The van der Waals surface area contributed by atoms with Crippen LogP contribution in [-0.2, 0) is 11.3 Å². The number of nitrogens with zero attached hydrogens (tertiary/aromatic N) is 1. The molecule has 62 valence electrons. The summed E-state index contributed by atoms with van der Waals surface area (Å²) in [7, 11) is 1.52. The van der Waals surface area contributed by atoms with Crippen LogP contribution in [0.2, 0.25) is 0 Å². The summed E-state index contributed by atoms with van der Waals surface area (Å²) in [4.78, 5) is 17.3. The summed E-state index contributed by atoms with van der Waals surface area (Å²) in [6.45, 7) is 0.255. The van der Waals surface area contributed by atoms with E-state index in [0.717, 1.165) is 0 Å². The van der Waals surface area contributed by atoms with Crippen LogP contribution in [0.25, 0.3) is 0 Å². The Morgan fingerprint density at radius 3 is 3.17 bits per heavy atom. The maximum atomic E-state index is 10.9. The summed E-state index contributed by atoms with van der Waals surface area (Å²) >= 11 is 0. The van der Waals surface area contributed by atoms with Crippen LogP contribution in [0, 0.1) is 12.3 Å². The molecule has 1 aromatic heterocycles. The fraction of sp³-hybridized carbons (Fsp3) is 0.250. The zero-order valence-corrected chi connectivity index (χ0v) is 6.63. The maximum Gasteiger partial charge on any atom is 0.252 e. The molecule has 1 heterocycles. The van der Waals surface area contributed by atoms with E-state index in [1.54, 1.807) is 0 Å². The largest absolute Gasteiger partial charge is 0.377 e. The lowest BCUT2D eigenvalue weighted by Gasteiger charge is -1.97. The van der Waals surface area contributed by atoms with Crippen molar-refractivity contribution in [3.8, 4) is 12.3 Å². The Morgan fingerprint density at radius 1 is 1.83 bits per heavy atom. The van der Waals surface area contributed by atoms with E-state index in [1.165, 1.54) is 13.2 Å². The molecule has 0 aliphatic carbocycles. The molecule has 4 nitrogen and oxygen atoms in total. The van der Waals surface area contributed by atoms with Crippen LogP contribution < -0.4 is 5.56 Å². The van der Waals surface area contributed by atoms with E-state index in [2.05, 4.69) is 15.9 Å². The monoisotopic (exact) mass is 164 g/mol. The van der Waals surface area contributed by atoms with E-state index >= 15 is 0 Å². The van der Waals surface area contributed by atoms with Crippen molar-refractivity contribution in [2.75, 3.05) is 7.11 Å². The fourth-order valence-electron chi connectivity index (χ4n) is 0.787. The highest BCUT2D eigenvalue weighted by molar-refractivity contribution is 5.22. The SMILES string of the molecule is C#Cc1cc(=O)[nH]c(COC)n1. The molecule has 0 bridgehead atoms. The molecule has 0 saturated heterocycles. The van der Waals surface area contributed by atoms with Crippen molar-refractivity contribution >= 4 is 0 Å². The minimum atomic E-state index is -0.259. The van der Waals surface area contributed by atoms with Gasteiger partial charge in [-0.2, -0.15) is 0 Å². The zero-order chi connectivity index (χ0) is 8.97. The van der Waals surface area contributed by atoms with Gasteiger partial charge in [-0.3, -0.25) is 4.79 Å². The molecule has 1 N–H and O–H groups in total. The number of rotatable bonds is 2.